The summed E-state index contributed by atoms with van der Waals surface area (Å²) >= 11 is 0. The summed E-state index contributed by atoms with van der Waals surface area (Å²) in [4.78, 5) is 0. The van der Waals surface area contributed by atoms with Crippen LogP contribution in [0.2, 0.25) is 0 Å². The Morgan fingerprint density at radius 3 is 2.87 bits per heavy atom. The van der Waals surface area contributed by atoms with Crippen molar-refractivity contribution < 1.29 is 9.84 Å². The summed E-state index contributed by atoms with van der Waals surface area (Å²) in [6.45, 7) is 2.08. The van der Waals surface area contributed by atoms with Crippen molar-refractivity contribution in [3.8, 4) is 5.75 Å². The van der Waals surface area contributed by atoms with Crippen molar-refractivity contribution in [1.82, 2.24) is 9.78 Å². The fraction of sp³-hybridized carbons (Fsp3) is 0.727. The number of aliphatic hydroxyl groups is 1. The van der Waals surface area contributed by atoms with Gasteiger partial charge in [0.15, 0.2) is 5.75 Å². The third-order valence-electron chi connectivity index (χ3n) is 2.58. The van der Waals surface area contributed by atoms with Crippen LogP contribution in [0.5, 0.6) is 5.75 Å². The van der Waals surface area contributed by atoms with E-state index in [4.69, 9.17) is 4.74 Å². The van der Waals surface area contributed by atoms with Gasteiger partial charge in [0.1, 0.15) is 0 Å². The maximum atomic E-state index is 9.63. The Morgan fingerprint density at radius 1 is 1.53 bits per heavy atom. The lowest BCUT2D eigenvalue weighted by atomic mass is 10.1. The highest BCUT2D eigenvalue weighted by Crippen LogP contribution is 2.19. The fourth-order valence-electron chi connectivity index (χ4n) is 1.68. The summed E-state index contributed by atoms with van der Waals surface area (Å²) in [7, 11) is 3.53. The maximum Gasteiger partial charge on any atom is 0.159 e. The van der Waals surface area contributed by atoms with E-state index in [9.17, 15) is 5.11 Å². The normalized spacial score (nSPS) is 12.8. The SMILES string of the molecule is CCCC(O)CCc1c(OC)cnn1C. The van der Waals surface area contributed by atoms with E-state index in [1.807, 2.05) is 7.05 Å². The molecule has 0 saturated carbocycles. The molecule has 0 radical (unpaired) electrons. The average molecular weight is 212 g/mol. The van der Waals surface area contributed by atoms with Crippen LogP contribution in [0, 0.1) is 0 Å². The van der Waals surface area contributed by atoms with E-state index in [0.29, 0.717) is 0 Å². The number of hydrogen-bond acceptors (Lipinski definition) is 3. The topological polar surface area (TPSA) is 47.3 Å². The zero-order chi connectivity index (χ0) is 11.3. The van der Waals surface area contributed by atoms with Gasteiger partial charge in [-0.15, -0.1) is 0 Å². The molecule has 4 nitrogen and oxygen atoms in total. The highest BCUT2D eigenvalue weighted by atomic mass is 16.5. The largest absolute Gasteiger partial charge is 0.493 e. The first kappa shape index (κ1) is 12.0. The van der Waals surface area contributed by atoms with Gasteiger partial charge in [-0.05, 0) is 19.3 Å². The zero-order valence-corrected chi connectivity index (χ0v) is 9.73. The lowest BCUT2D eigenvalue weighted by Gasteiger charge is -2.10. The number of rotatable bonds is 6. The predicted octanol–water partition coefficient (Wildman–Crippen LogP) is 1.52. The smallest absolute Gasteiger partial charge is 0.159 e. The van der Waals surface area contributed by atoms with E-state index in [2.05, 4.69) is 12.0 Å². The number of hydrogen-bond donors (Lipinski definition) is 1. The molecule has 15 heavy (non-hydrogen) atoms. The Kier molecular flexibility index (Phi) is 4.62. The van der Waals surface area contributed by atoms with Crippen molar-refractivity contribution in [2.75, 3.05) is 7.11 Å². The quantitative estimate of drug-likeness (QED) is 0.777. The summed E-state index contributed by atoms with van der Waals surface area (Å²) in [5, 5.41) is 13.8. The van der Waals surface area contributed by atoms with Crippen LogP contribution < -0.4 is 4.74 Å². The highest BCUT2D eigenvalue weighted by Gasteiger charge is 2.11. The molecule has 0 fully saturated rings. The van der Waals surface area contributed by atoms with Gasteiger partial charge >= 0.3 is 0 Å². The molecule has 1 rings (SSSR count). The Hall–Kier alpha value is -1.03. The first-order valence-electron chi connectivity index (χ1n) is 5.42. The van der Waals surface area contributed by atoms with Gasteiger partial charge in [-0.2, -0.15) is 5.10 Å². The number of aliphatic hydroxyl groups excluding tert-OH is 1. The number of aryl methyl sites for hydroxylation is 1. The lowest BCUT2D eigenvalue weighted by molar-refractivity contribution is 0.153. The van der Waals surface area contributed by atoms with E-state index in [0.717, 1.165) is 37.1 Å². The first-order chi connectivity index (χ1) is 7.19. The minimum absolute atomic E-state index is 0.213. The molecule has 0 aromatic carbocycles. The fourth-order valence-corrected chi connectivity index (χ4v) is 1.68. The van der Waals surface area contributed by atoms with Crippen LogP contribution in [0.4, 0.5) is 0 Å². The van der Waals surface area contributed by atoms with Gasteiger partial charge in [-0.25, -0.2) is 0 Å². The highest BCUT2D eigenvalue weighted by molar-refractivity contribution is 5.24. The van der Waals surface area contributed by atoms with Crippen molar-refractivity contribution >= 4 is 0 Å². The van der Waals surface area contributed by atoms with E-state index >= 15 is 0 Å². The second-order valence-corrected chi connectivity index (χ2v) is 3.76. The first-order valence-corrected chi connectivity index (χ1v) is 5.42. The van der Waals surface area contributed by atoms with Gasteiger partial charge in [-0.1, -0.05) is 13.3 Å². The molecule has 1 N–H and O–H groups in total. The molecule has 4 heteroatoms. The third-order valence-corrected chi connectivity index (χ3v) is 2.58. The van der Waals surface area contributed by atoms with Crippen LogP contribution in [0.25, 0.3) is 0 Å². The van der Waals surface area contributed by atoms with Gasteiger partial charge in [0.05, 0.1) is 25.1 Å². The summed E-state index contributed by atoms with van der Waals surface area (Å²) in [6.07, 6.45) is 4.95. The van der Waals surface area contributed by atoms with Crippen LogP contribution >= 0.6 is 0 Å². The van der Waals surface area contributed by atoms with Crippen LogP contribution in [0.1, 0.15) is 31.9 Å². The molecule has 1 heterocycles. The molecule has 0 amide bonds. The molecule has 0 spiro atoms. The molecule has 0 aliphatic heterocycles. The average Bonchev–Trinajstić information content (AvgIpc) is 2.57. The maximum absolute atomic E-state index is 9.63. The van der Waals surface area contributed by atoms with Crippen molar-refractivity contribution in [1.29, 1.82) is 0 Å². The van der Waals surface area contributed by atoms with E-state index in [-0.39, 0.29) is 6.10 Å². The molecule has 0 aliphatic carbocycles. The lowest BCUT2D eigenvalue weighted by Crippen LogP contribution is -2.09. The number of aromatic nitrogens is 2. The van der Waals surface area contributed by atoms with Crippen LogP contribution in [0.15, 0.2) is 6.20 Å². The van der Waals surface area contributed by atoms with Crippen molar-refractivity contribution in [2.24, 2.45) is 7.05 Å². The number of methoxy groups -OCH3 is 1. The molecule has 1 unspecified atom stereocenters. The predicted molar refractivity (Wildman–Crippen MR) is 59.0 cm³/mol. The molecule has 0 aliphatic rings. The second kappa shape index (κ2) is 5.75. The summed E-state index contributed by atoms with van der Waals surface area (Å²) in [6, 6.07) is 0. The van der Waals surface area contributed by atoms with Crippen LogP contribution in [0.3, 0.4) is 0 Å². The van der Waals surface area contributed by atoms with Crippen molar-refractivity contribution in [2.45, 2.75) is 38.7 Å². The minimum atomic E-state index is -0.213. The monoisotopic (exact) mass is 212 g/mol. The Morgan fingerprint density at radius 2 is 2.27 bits per heavy atom. The Labute approximate surface area is 90.9 Å². The van der Waals surface area contributed by atoms with Crippen molar-refractivity contribution in [3.05, 3.63) is 11.9 Å². The summed E-state index contributed by atoms with van der Waals surface area (Å²) in [5.41, 5.74) is 1.05. The van der Waals surface area contributed by atoms with Gasteiger partial charge in [0.25, 0.3) is 0 Å². The Balaban J connectivity index is 2.52. The molecular formula is C11H20N2O2. The standard InChI is InChI=1S/C11H20N2O2/c1-4-5-9(14)6-7-10-11(15-3)8-12-13(10)2/h8-9,14H,4-7H2,1-3H3. The summed E-state index contributed by atoms with van der Waals surface area (Å²) < 4.78 is 7.00. The third kappa shape index (κ3) is 3.23. The van der Waals surface area contributed by atoms with Gasteiger partial charge in [0.2, 0.25) is 0 Å². The van der Waals surface area contributed by atoms with E-state index < -0.39 is 0 Å². The minimum Gasteiger partial charge on any atom is -0.493 e. The molecule has 1 aromatic rings. The summed E-state index contributed by atoms with van der Waals surface area (Å²) in [5.74, 6) is 0.807. The van der Waals surface area contributed by atoms with Crippen LogP contribution in [-0.2, 0) is 13.5 Å². The van der Waals surface area contributed by atoms with Crippen LogP contribution in [-0.4, -0.2) is 28.1 Å². The zero-order valence-electron chi connectivity index (χ0n) is 9.73. The molecule has 0 saturated heterocycles. The Bertz CT molecular complexity index is 297. The number of nitrogens with zero attached hydrogens (tertiary/aromatic N) is 2. The van der Waals surface area contributed by atoms with Crippen molar-refractivity contribution in [3.63, 3.8) is 0 Å². The van der Waals surface area contributed by atoms with E-state index in [1.54, 1.807) is 18.0 Å². The molecule has 86 valence electrons. The molecule has 1 atom stereocenters. The molecule has 0 bridgehead atoms. The molecular weight excluding hydrogens is 192 g/mol. The van der Waals surface area contributed by atoms with Gasteiger partial charge in [-0.3, -0.25) is 4.68 Å². The van der Waals surface area contributed by atoms with Gasteiger partial charge in [0, 0.05) is 7.05 Å². The number of ether oxygens (including phenoxy) is 1. The second-order valence-electron chi connectivity index (χ2n) is 3.76. The van der Waals surface area contributed by atoms with E-state index in [1.165, 1.54) is 0 Å². The van der Waals surface area contributed by atoms with Gasteiger partial charge < -0.3 is 9.84 Å². The molecule has 1 aromatic heterocycles.